The quantitative estimate of drug-likeness (QED) is 0.830. The summed E-state index contributed by atoms with van der Waals surface area (Å²) >= 11 is 0. The van der Waals surface area contributed by atoms with Gasteiger partial charge in [-0.25, -0.2) is 4.39 Å². The third-order valence-electron chi connectivity index (χ3n) is 3.38. The predicted octanol–water partition coefficient (Wildman–Crippen LogP) is 4.15. The minimum Gasteiger partial charge on any atom is -0.491 e. The fourth-order valence-electron chi connectivity index (χ4n) is 2.28. The minimum absolute atomic E-state index is 0.0693. The Labute approximate surface area is 134 Å². The molecule has 0 bridgehead atoms. The topological polar surface area (TPSA) is 36.9 Å². The van der Waals surface area contributed by atoms with Crippen molar-refractivity contribution in [3.8, 4) is 17.2 Å². The van der Waals surface area contributed by atoms with Crippen LogP contribution in [0.2, 0.25) is 0 Å². The third-order valence-corrected chi connectivity index (χ3v) is 3.38. The molecule has 2 aromatic rings. The zero-order valence-corrected chi connectivity index (χ0v) is 13.1. The Kier molecular flexibility index (Phi) is 4.50. The average Bonchev–Trinajstić information content (AvgIpc) is 2.88. The standard InChI is InChI=1S/C18H19FO4/c1-18(2)21-12-17(23-18)11-20-14-7-9-16(10-8-14)22-15-5-3-13(19)4-6-15/h3-10,17H,11-12H2,1-2H3. The molecule has 1 aliphatic rings. The van der Waals surface area contributed by atoms with Crippen LogP contribution in [0.4, 0.5) is 4.39 Å². The van der Waals surface area contributed by atoms with Gasteiger partial charge in [0.25, 0.3) is 0 Å². The highest BCUT2D eigenvalue weighted by Crippen LogP contribution is 2.25. The van der Waals surface area contributed by atoms with E-state index in [-0.39, 0.29) is 11.9 Å². The van der Waals surface area contributed by atoms with Gasteiger partial charge < -0.3 is 18.9 Å². The summed E-state index contributed by atoms with van der Waals surface area (Å²) in [5.41, 5.74) is 0. The highest BCUT2D eigenvalue weighted by molar-refractivity contribution is 5.35. The second-order valence-corrected chi connectivity index (χ2v) is 5.79. The van der Waals surface area contributed by atoms with E-state index < -0.39 is 5.79 Å². The van der Waals surface area contributed by atoms with Gasteiger partial charge in [0.2, 0.25) is 0 Å². The normalized spacial score (nSPS) is 19.5. The van der Waals surface area contributed by atoms with Gasteiger partial charge in [-0.1, -0.05) is 0 Å². The second kappa shape index (κ2) is 6.56. The zero-order chi connectivity index (χ0) is 16.3. The smallest absolute Gasteiger partial charge is 0.163 e. The molecule has 1 fully saturated rings. The van der Waals surface area contributed by atoms with Crippen molar-refractivity contribution in [1.82, 2.24) is 0 Å². The van der Waals surface area contributed by atoms with Crippen LogP contribution in [-0.4, -0.2) is 25.1 Å². The van der Waals surface area contributed by atoms with Crippen molar-refractivity contribution < 1.29 is 23.3 Å². The van der Waals surface area contributed by atoms with Crippen molar-refractivity contribution in [2.75, 3.05) is 13.2 Å². The molecule has 1 unspecified atom stereocenters. The Morgan fingerprint density at radius 1 is 1.00 bits per heavy atom. The third kappa shape index (κ3) is 4.43. The van der Waals surface area contributed by atoms with E-state index in [1.165, 1.54) is 12.1 Å². The number of rotatable bonds is 5. The molecule has 122 valence electrons. The van der Waals surface area contributed by atoms with Crippen LogP contribution in [0, 0.1) is 5.82 Å². The van der Waals surface area contributed by atoms with Crippen LogP contribution >= 0.6 is 0 Å². The summed E-state index contributed by atoms with van der Waals surface area (Å²) in [7, 11) is 0. The van der Waals surface area contributed by atoms with E-state index in [0.717, 1.165) is 5.75 Å². The predicted molar refractivity (Wildman–Crippen MR) is 83.3 cm³/mol. The van der Waals surface area contributed by atoms with Gasteiger partial charge in [0.05, 0.1) is 6.61 Å². The summed E-state index contributed by atoms with van der Waals surface area (Å²) < 4.78 is 35.3. The molecule has 2 aromatic carbocycles. The van der Waals surface area contributed by atoms with E-state index in [1.807, 2.05) is 26.0 Å². The van der Waals surface area contributed by atoms with E-state index in [4.69, 9.17) is 18.9 Å². The largest absolute Gasteiger partial charge is 0.491 e. The number of benzene rings is 2. The lowest BCUT2D eigenvalue weighted by Gasteiger charge is -2.17. The van der Waals surface area contributed by atoms with Crippen LogP contribution in [-0.2, 0) is 9.47 Å². The van der Waals surface area contributed by atoms with E-state index in [1.54, 1.807) is 24.3 Å². The highest BCUT2D eigenvalue weighted by atomic mass is 19.1. The van der Waals surface area contributed by atoms with Gasteiger partial charge in [-0.3, -0.25) is 0 Å². The van der Waals surface area contributed by atoms with E-state index in [2.05, 4.69) is 0 Å². The lowest BCUT2D eigenvalue weighted by Crippen LogP contribution is -2.25. The molecule has 1 aliphatic heterocycles. The number of hydrogen-bond acceptors (Lipinski definition) is 4. The number of hydrogen-bond donors (Lipinski definition) is 0. The molecule has 0 radical (unpaired) electrons. The summed E-state index contributed by atoms with van der Waals surface area (Å²) in [6.45, 7) is 4.73. The molecular formula is C18H19FO4. The summed E-state index contributed by atoms with van der Waals surface area (Å²) in [6, 6.07) is 13.1. The van der Waals surface area contributed by atoms with E-state index in [0.29, 0.717) is 24.7 Å². The van der Waals surface area contributed by atoms with Crippen molar-refractivity contribution in [1.29, 1.82) is 0 Å². The van der Waals surface area contributed by atoms with Crippen LogP contribution in [0.3, 0.4) is 0 Å². The first-order chi connectivity index (χ1) is 11.0. The fourth-order valence-corrected chi connectivity index (χ4v) is 2.28. The Hall–Kier alpha value is -2.11. The Morgan fingerprint density at radius 2 is 1.57 bits per heavy atom. The van der Waals surface area contributed by atoms with Crippen molar-refractivity contribution in [3.63, 3.8) is 0 Å². The molecule has 3 rings (SSSR count). The maximum Gasteiger partial charge on any atom is 0.163 e. The van der Waals surface area contributed by atoms with Gasteiger partial charge >= 0.3 is 0 Å². The maximum absolute atomic E-state index is 12.8. The molecule has 1 heterocycles. The van der Waals surface area contributed by atoms with Gasteiger partial charge in [0, 0.05) is 0 Å². The molecule has 0 saturated carbocycles. The van der Waals surface area contributed by atoms with Crippen molar-refractivity contribution in [2.45, 2.75) is 25.7 Å². The summed E-state index contributed by atoms with van der Waals surface area (Å²) in [5, 5.41) is 0. The van der Waals surface area contributed by atoms with Crippen LogP contribution in [0.25, 0.3) is 0 Å². The Morgan fingerprint density at radius 3 is 2.13 bits per heavy atom. The molecule has 1 saturated heterocycles. The first-order valence-electron chi connectivity index (χ1n) is 7.48. The van der Waals surface area contributed by atoms with Crippen LogP contribution in [0.5, 0.6) is 17.2 Å². The van der Waals surface area contributed by atoms with Crippen molar-refractivity contribution in [3.05, 3.63) is 54.3 Å². The average molecular weight is 318 g/mol. The molecule has 0 amide bonds. The lowest BCUT2D eigenvalue weighted by atomic mass is 10.3. The highest BCUT2D eigenvalue weighted by Gasteiger charge is 2.32. The van der Waals surface area contributed by atoms with Crippen LogP contribution in [0.15, 0.2) is 48.5 Å². The van der Waals surface area contributed by atoms with Gasteiger partial charge in [-0.05, 0) is 62.4 Å². The van der Waals surface area contributed by atoms with Crippen molar-refractivity contribution in [2.24, 2.45) is 0 Å². The molecule has 1 atom stereocenters. The van der Waals surface area contributed by atoms with Gasteiger partial charge in [-0.2, -0.15) is 0 Å². The number of halogens is 1. The lowest BCUT2D eigenvalue weighted by molar-refractivity contribution is -0.141. The van der Waals surface area contributed by atoms with E-state index >= 15 is 0 Å². The molecule has 23 heavy (non-hydrogen) atoms. The van der Waals surface area contributed by atoms with Crippen LogP contribution < -0.4 is 9.47 Å². The van der Waals surface area contributed by atoms with Crippen molar-refractivity contribution >= 4 is 0 Å². The first-order valence-corrected chi connectivity index (χ1v) is 7.48. The van der Waals surface area contributed by atoms with Gasteiger partial charge in [0.1, 0.15) is 35.8 Å². The minimum atomic E-state index is -0.541. The molecule has 0 spiro atoms. The zero-order valence-electron chi connectivity index (χ0n) is 13.1. The summed E-state index contributed by atoms with van der Waals surface area (Å²) in [5.74, 6) is 1.14. The molecule has 4 nitrogen and oxygen atoms in total. The monoisotopic (exact) mass is 318 g/mol. The molecule has 5 heteroatoms. The van der Waals surface area contributed by atoms with Gasteiger partial charge in [-0.15, -0.1) is 0 Å². The summed E-state index contributed by atoms with van der Waals surface area (Å²) in [4.78, 5) is 0. The number of ether oxygens (including phenoxy) is 4. The molecule has 0 N–H and O–H groups in total. The Bertz CT molecular complexity index is 637. The first kappa shape index (κ1) is 15.8. The van der Waals surface area contributed by atoms with E-state index in [9.17, 15) is 4.39 Å². The molecular weight excluding hydrogens is 299 g/mol. The van der Waals surface area contributed by atoms with Gasteiger partial charge in [0.15, 0.2) is 5.79 Å². The molecule has 0 aromatic heterocycles. The summed E-state index contributed by atoms with van der Waals surface area (Å²) in [6.07, 6.45) is -0.0693. The maximum atomic E-state index is 12.8. The molecule has 0 aliphatic carbocycles. The SMILES string of the molecule is CC1(C)OCC(COc2ccc(Oc3ccc(F)cc3)cc2)O1. The van der Waals surface area contributed by atoms with Crippen LogP contribution in [0.1, 0.15) is 13.8 Å². The Balaban J connectivity index is 1.52. The second-order valence-electron chi connectivity index (χ2n) is 5.79. The fraction of sp³-hybridized carbons (Fsp3) is 0.333.